The second kappa shape index (κ2) is 8.39. The molecular weight excluding hydrogens is 358 g/mol. The maximum Gasteiger partial charge on any atom is 0.321 e. The van der Waals surface area contributed by atoms with Crippen molar-refractivity contribution in [3.8, 4) is 5.75 Å². The Labute approximate surface area is 166 Å². The highest BCUT2D eigenvalue weighted by atomic mass is 16.5. The zero-order chi connectivity index (χ0) is 19.5. The van der Waals surface area contributed by atoms with Gasteiger partial charge in [0.25, 0.3) is 0 Å². The fourth-order valence-corrected chi connectivity index (χ4v) is 4.30. The third-order valence-electron chi connectivity index (χ3n) is 6.19. The lowest BCUT2D eigenvalue weighted by atomic mass is 9.76. The van der Waals surface area contributed by atoms with Gasteiger partial charge >= 0.3 is 6.03 Å². The van der Waals surface area contributed by atoms with Crippen LogP contribution in [0.2, 0.25) is 0 Å². The molecule has 0 radical (unpaired) electrons. The van der Waals surface area contributed by atoms with Gasteiger partial charge in [0.05, 0.1) is 26.0 Å². The summed E-state index contributed by atoms with van der Waals surface area (Å²) in [6.07, 6.45) is 5.17. The Morgan fingerprint density at radius 1 is 1.21 bits per heavy atom. The summed E-state index contributed by atoms with van der Waals surface area (Å²) in [4.78, 5) is 28.6. The van der Waals surface area contributed by atoms with Crippen molar-refractivity contribution in [1.82, 2.24) is 4.90 Å². The Kier molecular flexibility index (Phi) is 5.71. The summed E-state index contributed by atoms with van der Waals surface area (Å²) in [5.74, 6) is 1.84. The van der Waals surface area contributed by atoms with Crippen molar-refractivity contribution < 1.29 is 19.1 Å². The second-order valence-electron chi connectivity index (χ2n) is 7.94. The number of methoxy groups -OCH3 is 1. The fourth-order valence-electron chi connectivity index (χ4n) is 4.30. The number of rotatable bonds is 4. The molecule has 2 heterocycles. The predicted molar refractivity (Wildman–Crippen MR) is 107 cm³/mol. The van der Waals surface area contributed by atoms with Gasteiger partial charge in [-0.3, -0.25) is 4.79 Å². The Morgan fingerprint density at radius 3 is 2.75 bits per heavy atom. The lowest BCUT2D eigenvalue weighted by molar-refractivity contribution is -0.117. The maximum absolute atomic E-state index is 12.9. The highest BCUT2D eigenvalue weighted by Gasteiger charge is 2.32. The lowest BCUT2D eigenvalue weighted by Gasteiger charge is -2.34. The van der Waals surface area contributed by atoms with Crippen LogP contribution in [-0.4, -0.2) is 56.8 Å². The first-order valence-corrected chi connectivity index (χ1v) is 10.3. The van der Waals surface area contributed by atoms with E-state index in [9.17, 15) is 9.59 Å². The molecule has 1 aliphatic carbocycles. The number of hydrogen-bond donors (Lipinski definition) is 1. The number of urea groups is 1. The molecule has 0 spiro atoms. The number of carbonyl (C=O) groups excluding carboxylic acids is 2. The largest absolute Gasteiger partial charge is 0.495 e. The topological polar surface area (TPSA) is 71.1 Å². The first kappa shape index (κ1) is 19.1. The summed E-state index contributed by atoms with van der Waals surface area (Å²) in [6.45, 7) is 3.34. The van der Waals surface area contributed by atoms with Gasteiger partial charge in [0.1, 0.15) is 5.75 Å². The van der Waals surface area contributed by atoms with Crippen LogP contribution < -0.4 is 15.0 Å². The van der Waals surface area contributed by atoms with E-state index < -0.39 is 0 Å². The first-order valence-electron chi connectivity index (χ1n) is 10.3. The number of carbonyl (C=O) groups is 2. The molecule has 152 valence electrons. The Morgan fingerprint density at radius 2 is 2.07 bits per heavy atom. The summed E-state index contributed by atoms with van der Waals surface area (Å²) in [7, 11) is 1.59. The highest BCUT2D eigenvalue weighted by molar-refractivity contribution is 5.98. The van der Waals surface area contributed by atoms with Crippen molar-refractivity contribution in [2.24, 2.45) is 11.8 Å². The molecule has 3 amide bonds. The van der Waals surface area contributed by atoms with E-state index in [-0.39, 0.29) is 11.9 Å². The quantitative estimate of drug-likeness (QED) is 0.862. The van der Waals surface area contributed by atoms with E-state index in [1.807, 2.05) is 17.0 Å². The minimum absolute atomic E-state index is 0.0924. The Hall–Kier alpha value is -2.28. The van der Waals surface area contributed by atoms with E-state index in [0.717, 1.165) is 19.6 Å². The number of anilines is 2. The van der Waals surface area contributed by atoms with Gasteiger partial charge in [-0.1, -0.05) is 19.3 Å². The SMILES string of the molecule is COc1ccc(NC(=O)N2CCOC[C@@H](C3CCC3)C2)cc1N1CCCC1=O. The molecule has 1 aromatic carbocycles. The van der Waals surface area contributed by atoms with Crippen molar-refractivity contribution >= 4 is 23.3 Å². The lowest BCUT2D eigenvalue weighted by Crippen LogP contribution is -2.41. The molecular formula is C21H29N3O4. The summed E-state index contributed by atoms with van der Waals surface area (Å²) in [5.41, 5.74) is 1.39. The van der Waals surface area contributed by atoms with Gasteiger partial charge in [0.2, 0.25) is 5.91 Å². The van der Waals surface area contributed by atoms with E-state index in [1.54, 1.807) is 18.1 Å². The molecule has 7 nitrogen and oxygen atoms in total. The first-order chi connectivity index (χ1) is 13.7. The van der Waals surface area contributed by atoms with Crippen molar-refractivity contribution in [3.05, 3.63) is 18.2 Å². The number of nitrogens with one attached hydrogen (secondary N) is 1. The molecule has 1 aromatic rings. The Bertz CT molecular complexity index is 734. The molecule has 0 bridgehead atoms. The van der Waals surface area contributed by atoms with Crippen LogP contribution >= 0.6 is 0 Å². The van der Waals surface area contributed by atoms with Gasteiger partial charge in [-0.25, -0.2) is 4.79 Å². The Balaban J connectivity index is 1.46. The van der Waals surface area contributed by atoms with Gasteiger partial charge in [0.15, 0.2) is 0 Å². The summed E-state index contributed by atoms with van der Waals surface area (Å²) >= 11 is 0. The van der Waals surface area contributed by atoms with Crippen molar-refractivity contribution in [2.45, 2.75) is 32.1 Å². The molecule has 4 rings (SSSR count). The van der Waals surface area contributed by atoms with Crippen LogP contribution in [0.3, 0.4) is 0 Å². The van der Waals surface area contributed by atoms with Crippen molar-refractivity contribution in [3.63, 3.8) is 0 Å². The van der Waals surface area contributed by atoms with Gasteiger partial charge in [0, 0.05) is 37.7 Å². The van der Waals surface area contributed by atoms with Crippen LogP contribution in [0.4, 0.5) is 16.2 Å². The van der Waals surface area contributed by atoms with E-state index >= 15 is 0 Å². The number of benzene rings is 1. The van der Waals surface area contributed by atoms with Crippen LogP contribution in [0.15, 0.2) is 18.2 Å². The summed E-state index contributed by atoms with van der Waals surface area (Å²) in [6, 6.07) is 5.34. The molecule has 3 fully saturated rings. The zero-order valence-electron chi connectivity index (χ0n) is 16.5. The zero-order valence-corrected chi connectivity index (χ0v) is 16.5. The highest BCUT2D eigenvalue weighted by Crippen LogP contribution is 2.36. The smallest absolute Gasteiger partial charge is 0.321 e. The summed E-state index contributed by atoms with van der Waals surface area (Å²) < 4.78 is 11.2. The molecule has 28 heavy (non-hydrogen) atoms. The van der Waals surface area contributed by atoms with Crippen molar-refractivity contribution in [1.29, 1.82) is 0 Å². The van der Waals surface area contributed by atoms with Gasteiger partial charge < -0.3 is 24.6 Å². The van der Waals surface area contributed by atoms with E-state index in [4.69, 9.17) is 9.47 Å². The van der Waals surface area contributed by atoms with Crippen LogP contribution in [0, 0.1) is 11.8 Å². The number of nitrogens with zero attached hydrogens (tertiary/aromatic N) is 2. The molecule has 2 aliphatic heterocycles. The van der Waals surface area contributed by atoms with E-state index in [1.165, 1.54) is 19.3 Å². The van der Waals surface area contributed by atoms with E-state index in [0.29, 0.717) is 55.1 Å². The van der Waals surface area contributed by atoms with Crippen molar-refractivity contribution in [2.75, 3.05) is 50.2 Å². The minimum Gasteiger partial charge on any atom is -0.495 e. The van der Waals surface area contributed by atoms with Gasteiger partial charge in [-0.05, 0) is 30.5 Å². The third-order valence-corrected chi connectivity index (χ3v) is 6.19. The minimum atomic E-state index is -0.112. The molecule has 0 unspecified atom stereocenters. The molecule has 7 heteroatoms. The molecule has 1 saturated carbocycles. The second-order valence-corrected chi connectivity index (χ2v) is 7.94. The normalized spacial score (nSPS) is 23.3. The standard InChI is InChI=1S/C21H29N3O4/c1-27-19-8-7-17(12-18(19)24-9-3-6-20(24)25)22-21(26)23-10-11-28-14-16(13-23)15-4-2-5-15/h7-8,12,15-16H,2-6,9-11,13-14H2,1H3,(H,22,26)/t16-/m0/s1. The number of ether oxygens (including phenoxy) is 2. The maximum atomic E-state index is 12.9. The summed E-state index contributed by atoms with van der Waals surface area (Å²) in [5, 5.41) is 3.00. The van der Waals surface area contributed by atoms with Crippen LogP contribution in [0.25, 0.3) is 0 Å². The van der Waals surface area contributed by atoms with Crippen LogP contribution in [0.5, 0.6) is 5.75 Å². The molecule has 3 aliphatic rings. The van der Waals surface area contributed by atoms with Gasteiger partial charge in [-0.2, -0.15) is 0 Å². The van der Waals surface area contributed by atoms with Crippen LogP contribution in [-0.2, 0) is 9.53 Å². The van der Waals surface area contributed by atoms with Gasteiger partial charge in [-0.15, -0.1) is 0 Å². The predicted octanol–water partition coefficient (Wildman–Crippen LogP) is 3.10. The fraction of sp³-hybridized carbons (Fsp3) is 0.619. The van der Waals surface area contributed by atoms with Crippen LogP contribution in [0.1, 0.15) is 32.1 Å². The molecule has 1 atom stereocenters. The average Bonchev–Trinajstić information content (AvgIpc) is 2.93. The number of amides is 3. The van der Waals surface area contributed by atoms with E-state index in [2.05, 4.69) is 5.32 Å². The third kappa shape index (κ3) is 3.94. The number of hydrogen-bond acceptors (Lipinski definition) is 4. The molecule has 0 aromatic heterocycles. The average molecular weight is 387 g/mol. The molecule has 1 N–H and O–H groups in total. The molecule has 2 saturated heterocycles. The monoisotopic (exact) mass is 387 g/mol.